The molecule has 0 spiro atoms. The Hall–Kier alpha value is -2.65. The van der Waals surface area contributed by atoms with Crippen molar-refractivity contribution in [3.8, 4) is 11.5 Å². The van der Waals surface area contributed by atoms with Crippen LogP contribution >= 0.6 is 11.3 Å². The van der Waals surface area contributed by atoms with Crippen LogP contribution in [0.25, 0.3) is 10.2 Å². The lowest BCUT2D eigenvalue weighted by Gasteiger charge is -2.02. The lowest BCUT2D eigenvalue weighted by atomic mass is 10.1. The molecule has 28 heavy (non-hydrogen) atoms. The molecule has 1 aromatic heterocycles. The molecule has 1 aliphatic heterocycles. The highest BCUT2D eigenvalue weighted by molar-refractivity contribution is 7.90. The van der Waals surface area contributed by atoms with Gasteiger partial charge in [-0.1, -0.05) is 23.5 Å². The Bertz CT molecular complexity index is 1240. The molecule has 4 rings (SSSR count). The highest BCUT2D eigenvalue weighted by Gasteiger charge is 2.17. The van der Waals surface area contributed by atoms with Gasteiger partial charge < -0.3 is 14.0 Å². The fraction of sp³-hybridized carbons (Fsp3) is 0.263. The standard InChI is InChI=1S/C19H18N2O5S2/c1-3-21-14-9-15-16(26-11-25-15)10-17(14)27-19(21)20-18(22)8-12-4-6-13(7-5-12)28(2,23)24/h4-7,9-10H,3,8,11H2,1-2H3. The van der Waals surface area contributed by atoms with Crippen LogP contribution in [0.2, 0.25) is 0 Å². The maximum Gasteiger partial charge on any atom is 0.252 e. The molecule has 0 saturated carbocycles. The molecule has 9 heteroatoms. The lowest BCUT2D eigenvalue weighted by Crippen LogP contribution is -2.16. The van der Waals surface area contributed by atoms with E-state index in [0.717, 1.165) is 16.5 Å². The number of aromatic nitrogens is 1. The Labute approximate surface area is 165 Å². The molecule has 2 aromatic carbocycles. The number of nitrogens with zero attached hydrogens (tertiary/aromatic N) is 2. The zero-order valence-electron chi connectivity index (χ0n) is 15.3. The summed E-state index contributed by atoms with van der Waals surface area (Å²) in [4.78, 5) is 17.6. The van der Waals surface area contributed by atoms with Crippen LogP contribution in [0.4, 0.5) is 0 Å². The second-order valence-corrected chi connectivity index (χ2v) is 9.43. The van der Waals surface area contributed by atoms with Crippen molar-refractivity contribution in [1.29, 1.82) is 0 Å². The highest BCUT2D eigenvalue weighted by Crippen LogP contribution is 2.36. The van der Waals surface area contributed by atoms with Gasteiger partial charge in [0.15, 0.2) is 26.1 Å². The second kappa shape index (κ2) is 7.06. The van der Waals surface area contributed by atoms with Crippen LogP contribution < -0.4 is 14.3 Å². The molecule has 0 aliphatic carbocycles. The van der Waals surface area contributed by atoms with Crippen molar-refractivity contribution in [3.05, 3.63) is 46.8 Å². The number of fused-ring (bicyclic) bond motifs is 2. The van der Waals surface area contributed by atoms with Gasteiger partial charge in [-0.3, -0.25) is 4.79 Å². The first-order valence-corrected chi connectivity index (χ1v) is 11.4. The summed E-state index contributed by atoms with van der Waals surface area (Å²) in [5.74, 6) is 1.10. The van der Waals surface area contributed by atoms with Crippen LogP contribution in [0.1, 0.15) is 12.5 Å². The van der Waals surface area contributed by atoms with E-state index in [1.807, 2.05) is 23.6 Å². The smallest absolute Gasteiger partial charge is 0.252 e. The first kappa shape index (κ1) is 18.7. The Kier molecular flexibility index (Phi) is 4.72. The predicted octanol–water partition coefficient (Wildman–Crippen LogP) is 2.52. The minimum atomic E-state index is -3.26. The summed E-state index contributed by atoms with van der Waals surface area (Å²) in [5.41, 5.74) is 1.66. The molecule has 7 nitrogen and oxygen atoms in total. The number of thiazole rings is 1. The molecule has 146 valence electrons. The number of sulfone groups is 1. The molecule has 0 N–H and O–H groups in total. The molecule has 0 unspecified atom stereocenters. The van der Waals surface area contributed by atoms with Gasteiger partial charge in [0.05, 0.1) is 21.5 Å². The number of ether oxygens (including phenoxy) is 2. The van der Waals surface area contributed by atoms with Crippen LogP contribution in [0.15, 0.2) is 46.3 Å². The highest BCUT2D eigenvalue weighted by atomic mass is 32.2. The van der Waals surface area contributed by atoms with Gasteiger partial charge in [0.25, 0.3) is 5.91 Å². The first-order valence-electron chi connectivity index (χ1n) is 8.64. The van der Waals surface area contributed by atoms with Gasteiger partial charge in [0.1, 0.15) is 0 Å². The Balaban J connectivity index is 1.64. The van der Waals surface area contributed by atoms with Crippen LogP contribution in [0, 0.1) is 0 Å². The summed E-state index contributed by atoms with van der Waals surface area (Å²) in [6.45, 7) is 2.87. The number of amides is 1. The van der Waals surface area contributed by atoms with Crippen LogP contribution in [0.3, 0.4) is 0 Å². The van der Waals surface area contributed by atoms with Crippen molar-refractivity contribution in [1.82, 2.24) is 4.57 Å². The third-order valence-corrected chi connectivity index (χ3v) is 6.59. The van der Waals surface area contributed by atoms with Gasteiger partial charge in [0.2, 0.25) is 6.79 Å². The maximum atomic E-state index is 12.5. The third kappa shape index (κ3) is 3.55. The number of aryl methyl sites for hydroxylation is 1. The van der Waals surface area contributed by atoms with E-state index in [2.05, 4.69) is 4.99 Å². The van der Waals surface area contributed by atoms with Crippen molar-refractivity contribution in [2.75, 3.05) is 13.0 Å². The van der Waals surface area contributed by atoms with E-state index in [4.69, 9.17) is 9.47 Å². The van der Waals surface area contributed by atoms with E-state index in [0.29, 0.717) is 28.4 Å². The summed E-state index contributed by atoms with van der Waals surface area (Å²) in [6.07, 6.45) is 1.25. The second-order valence-electron chi connectivity index (χ2n) is 6.40. The number of carbonyl (C=O) groups is 1. The van der Waals surface area contributed by atoms with E-state index in [1.54, 1.807) is 12.1 Å². The number of carbonyl (C=O) groups excluding carboxylic acids is 1. The van der Waals surface area contributed by atoms with Crippen LogP contribution in [-0.4, -0.2) is 31.9 Å². The van der Waals surface area contributed by atoms with Crippen molar-refractivity contribution in [3.63, 3.8) is 0 Å². The molecular weight excluding hydrogens is 400 g/mol. The Morgan fingerprint density at radius 2 is 1.86 bits per heavy atom. The zero-order valence-corrected chi connectivity index (χ0v) is 17.0. The zero-order chi connectivity index (χ0) is 19.9. The topological polar surface area (TPSA) is 87.0 Å². The molecule has 1 aliphatic rings. The molecular formula is C19H18N2O5S2. The lowest BCUT2D eigenvalue weighted by molar-refractivity contribution is -0.117. The van der Waals surface area contributed by atoms with E-state index in [1.165, 1.54) is 23.5 Å². The fourth-order valence-corrected chi connectivity index (χ4v) is 4.78. The summed E-state index contributed by atoms with van der Waals surface area (Å²) >= 11 is 1.42. The van der Waals surface area contributed by atoms with Crippen molar-refractivity contribution in [2.24, 2.45) is 4.99 Å². The van der Waals surface area contributed by atoms with Gasteiger partial charge in [-0.2, -0.15) is 4.99 Å². The monoisotopic (exact) mass is 418 g/mol. The largest absolute Gasteiger partial charge is 0.454 e. The number of hydrogen-bond donors (Lipinski definition) is 0. The number of rotatable bonds is 4. The van der Waals surface area contributed by atoms with Crippen molar-refractivity contribution < 1.29 is 22.7 Å². The van der Waals surface area contributed by atoms with Crippen LogP contribution in [0.5, 0.6) is 11.5 Å². The van der Waals surface area contributed by atoms with Gasteiger partial charge in [-0.25, -0.2) is 8.42 Å². The normalized spacial score (nSPS) is 14.0. The summed E-state index contributed by atoms with van der Waals surface area (Å²) in [7, 11) is -3.26. The maximum absolute atomic E-state index is 12.5. The summed E-state index contributed by atoms with van der Waals surface area (Å²) in [5, 5.41) is 0. The Morgan fingerprint density at radius 1 is 1.18 bits per heavy atom. The van der Waals surface area contributed by atoms with E-state index in [-0.39, 0.29) is 24.0 Å². The minimum Gasteiger partial charge on any atom is -0.454 e. The van der Waals surface area contributed by atoms with Crippen molar-refractivity contribution in [2.45, 2.75) is 24.8 Å². The molecule has 0 bridgehead atoms. The van der Waals surface area contributed by atoms with E-state index < -0.39 is 9.84 Å². The van der Waals surface area contributed by atoms with Gasteiger partial charge in [-0.15, -0.1) is 0 Å². The third-order valence-electron chi connectivity index (χ3n) is 4.42. The molecule has 2 heterocycles. The van der Waals surface area contributed by atoms with E-state index >= 15 is 0 Å². The van der Waals surface area contributed by atoms with Crippen molar-refractivity contribution >= 4 is 37.3 Å². The summed E-state index contributed by atoms with van der Waals surface area (Å²) in [6, 6.07) is 10.1. The molecule has 3 aromatic rings. The fourth-order valence-electron chi connectivity index (χ4n) is 3.03. The average molecular weight is 418 g/mol. The molecule has 0 atom stereocenters. The summed E-state index contributed by atoms with van der Waals surface area (Å²) < 4.78 is 36.9. The SMILES string of the molecule is CCn1c(=NC(=O)Cc2ccc(S(C)(=O)=O)cc2)sc2cc3c(cc21)OCO3. The van der Waals surface area contributed by atoms with Gasteiger partial charge in [0, 0.05) is 24.9 Å². The minimum absolute atomic E-state index is 0.102. The molecule has 0 radical (unpaired) electrons. The predicted molar refractivity (Wildman–Crippen MR) is 105 cm³/mol. The Morgan fingerprint density at radius 3 is 2.50 bits per heavy atom. The van der Waals surface area contributed by atoms with Gasteiger partial charge >= 0.3 is 0 Å². The average Bonchev–Trinajstić information content (AvgIpc) is 3.22. The number of benzene rings is 2. The molecule has 0 fully saturated rings. The van der Waals surface area contributed by atoms with E-state index in [9.17, 15) is 13.2 Å². The van der Waals surface area contributed by atoms with Gasteiger partial charge in [-0.05, 0) is 24.6 Å². The molecule has 0 saturated heterocycles. The molecule has 1 amide bonds. The van der Waals surface area contributed by atoms with Crippen LogP contribution in [-0.2, 0) is 27.6 Å². The first-order chi connectivity index (χ1) is 13.3. The quantitative estimate of drug-likeness (QED) is 0.650. The number of hydrogen-bond acceptors (Lipinski definition) is 6.